The normalized spacial score (nSPS) is 12.3. The van der Waals surface area contributed by atoms with Gasteiger partial charge in [-0.2, -0.15) is 0 Å². The van der Waals surface area contributed by atoms with Gasteiger partial charge in [0, 0.05) is 18.2 Å². The molecule has 0 saturated heterocycles. The zero-order chi connectivity index (χ0) is 13.8. The van der Waals surface area contributed by atoms with Crippen LogP contribution in [0.5, 0.6) is 11.5 Å². The van der Waals surface area contributed by atoms with Crippen LogP contribution in [0.4, 0.5) is 4.39 Å². The van der Waals surface area contributed by atoms with Crippen molar-refractivity contribution in [2.24, 2.45) is 0 Å². The molecule has 0 saturated carbocycles. The monoisotopic (exact) mass is 261 g/mol. The predicted molar refractivity (Wildman–Crippen MR) is 71.4 cm³/mol. The summed E-state index contributed by atoms with van der Waals surface area (Å²) in [5, 5.41) is 22.2. The number of rotatable bonds is 4. The van der Waals surface area contributed by atoms with Gasteiger partial charge in [-0.15, -0.1) is 0 Å². The highest BCUT2D eigenvalue weighted by Gasteiger charge is 2.08. The molecule has 4 heteroatoms. The van der Waals surface area contributed by atoms with Crippen LogP contribution in [-0.4, -0.2) is 10.2 Å². The third-order valence-electron chi connectivity index (χ3n) is 3.01. The average Bonchev–Trinajstić information content (AvgIpc) is 2.39. The van der Waals surface area contributed by atoms with Crippen molar-refractivity contribution in [3.63, 3.8) is 0 Å². The van der Waals surface area contributed by atoms with Crippen molar-refractivity contribution in [3.05, 3.63) is 59.4 Å². The lowest BCUT2D eigenvalue weighted by molar-refractivity contribution is 0.456. The van der Waals surface area contributed by atoms with Crippen molar-refractivity contribution in [3.8, 4) is 11.5 Å². The molecule has 0 radical (unpaired) electrons. The molecule has 19 heavy (non-hydrogen) atoms. The number of phenols is 2. The first-order chi connectivity index (χ1) is 9.06. The standard InChI is InChI=1S/C15H16FNO2/c1-10(11-3-2-4-14(18)8-11)17-9-12-7-13(16)5-6-15(12)19/h2-8,10,17-19H,9H2,1H3. The van der Waals surface area contributed by atoms with Crippen LogP contribution >= 0.6 is 0 Å². The van der Waals surface area contributed by atoms with Gasteiger partial charge in [0.2, 0.25) is 0 Å². The first-order valence-corrected chi connectivity index (χ1v) is 6.06. The van der Waals surface area contributed by atoms with E-state index in [2.05, 4.69) is 5.32 Å². The first-order valence-electron chi connectivity index (χ1n) is 6.06. The number of hydrogen-bond donors (Lipinski definition) is 3. The van der Waals surface area contributed by atoms with E-state index in [1.54, 1.807) is 18.2 Å². The van der Waals surface area contributed by atoms with Gasteiger partial charge in [0.05, 0.1) is 0 Å². The minimum absolute atomic E-state index is 0.0187. The van der Waals surface area contributed by atoms with E-state index >= 15 is 0 Å². The minimum Gasteiger partial charge on any atom is -0.508 e. The molecule has 0 aliphatic carbocycles. The van der Waals surface area contributed by atoms with Gasteiger partial charge >= 0.3 is 0 Å². The number of hydrogen-bond acceptors (Lipinski definition) is 3. The molecule has 0 fully saturated rings. The number of benzene rings is 2. The second-order valence-corrected chi connectivity index (χ2v) is 4.47. The zero-order valence-electron chi connectivity index (χ0n) is 10.6. The molecule has 0 aliphatic rings. The maximum atomic E-state index is 13.1. The molecule has 0 bridgehead atoms. The van der Waals surface area contributed by atoms with Crippen molar-refractivity contribution in [2.75, 3.05) is 0 Å². The van der Waals surface area contributed by atoms with Crippen molar-refractivity contribution in [1.29, 1.82) is 0 Å². The number of aromatic hydroxyl groups is 2. The highest BCUT2D eigenvalue weighted by molar-refractivity contribution is 5.33. The van der Waals surface area contributed by atoms with Crippen LogP contribution in [0.1, 0.15) is 24.1 Å². The van der Waals surface area contributed by atoms with Gasteiger partial charge in [-0.1, -0.05) is 12.1 Å². The summed E-state index contributed by atoms with van der Waals surface area (Å²) in [7, 11) is 0. The zero-order valence-corrected chi connectivity index (χ0v) is 10.6. The topological polar surface area (TPSA) is 52.5 Å². The van der Waals surface area contributed by atoms with Crippen LogP contribution in [0.3, 0.4) is 0 Å². The van der Waals surface area contributed by atoms with Gasteiger partial charge < -0.3 is 15.5 Å². The summed E-state index contributed by atoms with van der Waals surface area (Å²) in [6, 6.07) is 10.8. The van der Waals surface area contributed by atoms with Crippen LogP contribution < -0.4 is 5.32 Å². The van der Waals surface area contributed by atoms with E-state index in [1.807, 2.05) is 13.0 Å². The largest absolute Gasteiger partial charge is 0.508 e. The Bertz CT molecular complexity index is 572. The Kier molecular flexibility index (Phi) is 4.02. The maximum absolute atomic E-state index is 13.1. The van der Waals surface area contributed by atoms with Gasteiger partial charge in [0.25, 0.3) is 0 Å². The Labute approximate surface area is 111 Å². The van der Waals surface area contributed by atoms with E-state index in [9.17, 15) is 14.6 Å². The molecule has 3 nitrogen and oxygen atoms in total. The van der Waals surface area contributed by atoms with E-state index in [-0.39, 0.29) is 23.4 Å². The van der Waals surface area contributed by atoms with Crippen LogP contribution in [0.2, 0.25) is 0 Å². The van der Waals surface area contributed by atoms with E-state index in [0.717, 1.165) is 5.56 Å². The molecule has 2 aromatic rings. The van der Waals surface area contributed by atoms with E-state index in [4.69, 9.17) is 0 Å². The molecule has 100 valence electrons. The van der Waals surface area contributed by atoms with E-state index < -0.39 is 0 Å². The van der Waals surface area contributed by atoms with Gasteiger partial charge in [-0.05, 0) is 42.8 Å². The highest BCUT2D eigenvalue weighted by atomic mass is 19.1. The molecule has 2 rings (SSSR count). The molecular weight excluding hydrogens is 245 g/mol. The molecule has 3 N–H and O–H groups in total. The quantitative estimate of drug-likeness (QED) is 0.792. The molecule has 0 spiro atoms. The van der Waals surface area contributed by atoms with Gasteiger partial charge in [0.1, 0.15) is 17.3 Å². The molecule has 1 atom stereocenters. The molecule has 0 aromatic heterocycles. The van der Waals surface area contributed by atoms with Crippen molar-refractivity contribution in [1.82, 2.24) is 5.32 Å². The minimum atomic E-state index is -0.375. The lowest BCUT2D eigenvalue weighted by atomic mass is 10.1. The van der Waals surface area contributed by atoms with Gasteiger partial charge in [-0.3, -0.25) is 0 Å². The number of nitrogens with one attached hydrogen (secondary N) is 1. The summed E-state index contributed by atoms with van der Waals surface area (Å²) in [6.45, 7) is 2.28. The summed E-state index contributed by atoms with van der Waals surface area (Å²) in [4.78, 5) is 0. The second-order valence-electron chi connectivity index (χ2n) is 4.47. The summed E-state index contributed by atoms with van der Waals surface area (Å²) in [6.07, 6.45) is 0. The van der Waals surface area contributed by atoms with Gasteiger partial charge in [0.15, 0.2) is 0 Å². The predicted octanol–water partition coefficient (Wildman–Crippen LogP) is 3.09. The van der Waals surface area contributed by atoms with Crippen molar-refractivity contribution >= 4 is 0 Å². The third kappa shape index (κ3) is 3.45. The molecule has 0 amide bonds. The fourth-order valence-corrected chi connectivity index (χ4v) is 1.87. The summed E-state index contributed by atoms with van der Waals surface area (Å²) < 4.78 is 13.1. The van der Waals surface area contributed by atoms with E-state index in [1.165, 1.54) is 18.2 Å². The lowest BCUT2D eigenvalue weighted by Crippen LogP contribution is -2.18. The fraction of sp³-hybridized carbons (Fsp3) is 0.200. The van der Waals surface area contributed by atoms with E-state index in [0.29, 0.717) is 12.1 Å². The summed E-state index contributed by atoms with van der Waals surface area (Å²) in [5.74, 6) is -0.101. The van der Waals surface area contributed by atoms with Crippen LogP contribution in [0.15, 0.2) is 42.5 Å². The van der Waals surface area contributed by atoms with Gasteiger partial charge in [-0.25, -0.2) is 4.39 Å². The number of halogens is 1. The Balaban J connectivity index is 2.04. The first kappa shape index (κ1) is 13.4. The van der Waals surface area contributed by atoms with Crippen molar-refractivity contribution in [2.45, 2.75) is 19.5 Å². The highest BCUT2D eigenvalue weighted by Crippen LogP contribution is 2.21. The molecule has 0 heterocycles. The molecule has 1 unspecified atom stereocenters. The fourth-order valence-electron chi connectivity index (χ4n) is 1.87. The Morgan fingerprint density at radius 1 is 1.16 bits per heavy atom. The second kappa shape index (κ2) is 5.71. The summed E-state index contributed by atoms with van der Waals surface area (Å²) >= 11 is 0. The SMILES string of the molecule is CC(NCc1cc(F)ccc1O)c1cccc(O)c1. The average molecular weight is 261 g/mol. The van der Waals surface area contributed by atoms with Crippen molar-refractivity contribution < 1.29 is 14.6 Å². The Morgan fingerprint density at radius 2 is 1.95 bits per heavy atom. The van der Waals surface area contributed by atoms with Crippen LogP contribution in [0.25, 0.3) is 0 Å². The smallest absolute Gasteiger partial charge is 0.123 e. The lowest BCUT2D eigenvalue weighted by Gasteiger charge is -2.15. The molecular formula is C15H16FNO2. The summed E-state index contributed by atoms with van der Waals surface area (Å²) in [5.41, 5.74) is 1.43. The van der Waals surface area contributed by atoms with Crippen LogP contribution in [-0.2, 0) is 6.54 Å². The maximum Gasteiger partial charge on any atom is 0.123 e. The van der Waals surface area contributed by atoms with Crippen LogP contribution in [0, 0.1) is 5.82 Å². The number of phenolic OH excluding ortho intramolecular Hbond substituents is 2. The molecule has 2 aromatic carbocycles. The Hall–Kier alpha value is -2.07. The Morgan fingerprint density at radius 3 is 2.68 bits per heavy atom. The molecule has 0 aliphatic heterocycles. The third-order valence-corrected chi connectivity index (χ3v) is 3.01.